The van der Waals surface area contributed by atoms with Crippen LogP contribution in [0, 0.1) is 13.8 Å². The lowest BCUT2D eigenvalue weighted by atomic mass is 9.99. The largest absolute Gasteiger partial charge is 0.478 e. The van der Waals surface area contributed by atoms with E-state index in [-0.39, 0.29) is 30.1 Å². The smallest absolute Gasteiger partial charge is 0.335 e. The topological polar surface area (TPSA) is 83.5 Å². The van der Waals surface area contributed by atoms with Crippen LogP contribution < -0.4 is 5.32 Å². The number of benzene rings is 2. The van der Waals surface area contributed by atoms with Crippen molar-refractivity contribution in [3.8, 4) is 0 Å². The minimum atomic E-state index is -0.971. The molecule has 0 fully saturated rings. The molecular weight excluding hydrogens is 330 g/mol. The molecule has 0 saturated heterocycles. The summed E-state index contributed by atoms with van der Waals surface area (Å²) < 4.78 is 0. The molecule has 0 bridgehead atoms. The fourth-order valence-corrected chi connectivity index (χ4v) is 2.69. The van der Waals surface area contributed by atoms with Gasteiger partial charge in [0.05, 0.1) is 5.56 Å². The van der Waals surface area contributed by atoms with E-state index in [1.54, 1.807) is 12.1 Å². The second-order valence-corrected chi connectivity index (χ2v) is 6.35. The van der Waals surface area contributed by atoms with Gasteiger partial charge in [-0.15, -0.1) is 0 Å². The monoisotopic (exact) mass is 353 g/mol. The second kappa shape index (κ2) is 8.94. The molecule has 136 valence electrons. The third-order valence-corrected chi connectivity index (χ3v) is 4.18. The van der Waals surface area contributed by atoms with E-state index in [0.717, 1.165) is 16.7 Å². The number of rotatable bonds is 8. The summed E-state index contributed by atoms with van der Waals surface area (Å²) in [7, 11) is 0. The van der Waals surface area contributed by atoms with Crippen molar-refractivity contribution < 1.29 is 19.5 Å². The number of ketones is 1. The van der Waals surface area contributed by atoms with E-state index >= 15 is 0 Å². The van der Waals surface area contributed by atoms with Crippen molar-refractivity contribution >= 4 is 17.7 Å². The molecule has 1 amide bonds. The van der Waals surface area contributed by atoms with Gasteiger partial charge in [0.25, 0.3) is 0 Å². The molecule has 0 unspecified atom stereocenters. The first-order valence-electron chi connectivity index (χ1n) is 8.56. The van der Waals surface area contributed by atoms with Crippen molar-refractivity contribution in [2.45, 2.75) is 33.1 Å². The third-order valence-electron chi connectivity index (χ3n) is 4.18. The molecule has 2 aromatic carbocycles. The van der Waals surface area contributed by atoms with E-state index in [1.807, 2.05) is 38.1 Å². The van der Waals surface area contributed by atoms with Crippen LogP contribution in [0.5, 0.6) is 0 Å². The highest BCUT2D eigenvalue weighted by Gasteiger charge is 2.12. The Kier molecular flexibility index (Phi) is 6.67. The molecule has 0 atom stereocenters. The van der Waals surface area contributed by atoms with Gasteiger partial charge in [-0.25, -0.2) is 4.79 Å². The standard InChI is InChI=1S/C21H23NO4/c1-14-6-7-15(2)18(12-14)19(23)8-9-20(24)22-11-10-16-4-3-5-17(13-16)21(25)26/h3-7,12-13H,8-11H2,1-2H3,(H,22,24)(H,25,26). The van der Waals surface area contributed by atoms with Crippen LogP contribution >= 0.6 is 0 Å². The number of Topliss-reactive ketones (excluding diaryl/α,β-unsaturated/α-hetero) is 1. The summed E-state index contributed by atoms with van der Waals surface area (Å²) in [6.07, 6.45) is 0.851. The first-order valence-corrected chi connectivity index (χ1v) is 8.56. The van der Waals surface area contributed by atoms with Crippen LogP contribution in [0.4, 0.5) is 0 Å². The molecule has 5 heteroatoms. The summed E-state index contributed by atoms with van der Waals surface area (Å²) in [5, 5.41) is 11.7. The van der Waals surface area contributed by atoms with Gasteiger partial charge in [-0.1, -0.05) is 29.8 Å². The Bertz CT molecular complexity index is 827. The average Bonchev–Trinajstić information content (AvgIpc) is 2.62. The number of carboxylic acids is 1. The second-order valence-electron chi connectivity index (χ2n) is 6.35. The number of hydrogen-bond acceptors (Lipinski definition) is 3. The highest BCUT2D eigenvalue weighted by Crippen LogP contribution is 2.14. The van der Waals surface area contributed by atoms with Gasteiger partial charge in [-0.05, 0) is 49.6 Å². The Morgan fingerprint density at radius 1 is 1.00 bits per heavy atom. The minimum absolute atomic E-state index is 0.0319. The maximum Gasteiger partial charge on any atom is 0.335 e. The van der Waals surface area contributed by atoms with Crippen molar-refractivity contribution in [2.75, 3.05) is 6.54 Å². The van der Waals surface area contributed by atoms with Crippen LogP contribution in [0.2, 0.25) is 0 Å². The zero-order chi connectivity index (χ0) is 19.1. The quantitative estimate of drug-likeness (QED) is 0.713. The van der Waals surface area contributed by atoms with Gasteiger partial charge in [0.15, 0.2) is 5.78 Å². The lowest BCUT2D eigenvalue weighted by Crippen LogP contribution is -2.26. The van der Waals surface area contributed by atoms with Crippen molar-refractivity contribution in [2.24, 2.45) is 0 Å². The van der Waals surface area contributed by atoms with Gasteiger partial charge in [0, 0.05) is 24.9 Å². The number of carboxylic acid groups (broad SMARTS) is 1. The van der Waals surface area contributed by atoms with E-state index in [0.29, 0.717) is 18.5 Å². The van der Waals surface area contributed by atoms with Crippen molar-refractivity contribution in [3.63, 3.8) is 0 Å². The first-order chi connectivity index (χ1) is 12.4. The van der Waals surface area contributed by atoms with E-state index < -0.39 is 5.97 Å². The van der Waals surface area contributed by atoms with Gasteiger partial charge >= 0.3 is 5.97 Å². The number of aromatic carboxylic acids is 1. The Morgan fingerprint density at radius 3 is 2.50 bits per heavy atom. The molecule has 26 heavy (non-hydrogen) atoms. The minimum Gasteiger partial charge on any atom is -0.478 e. The Morgan fingerprint density at radius 2 is 1.77 bits per heavy atom. The van der Waals surface area contributed by atoms with Crippen molar-refractivity contribution in [1.29, 1.82) is 0 Å². The molecule has 5 nitrogen and oxygen atoms in total. The summed E-state index contributed by atoms with van der Waals surface area (Å²) in [6.45, 7) is 4.22. The zero-order valence-corrected chi connectivity index (χ0v) is 15.0. The predicted octanol–water partition coefficient (Wildman–Crippen LogP) is 3.32. The number of carbonyl (C=O) groups excluding carboxylic acids is 2. The molecule has 2 N–H and O–H groups in total. The van der Waals surface area contributed by atoms with E-state index in [1.165, 1.54) is 6.07 Å². The van der Waals surface area contributed by atoms with E-state index in [4.69, 9.17) is 5.11 Å². The molecule has 0 saturated carbocycles. The van der Waals surface area contributed by atoms with Crippen LogP contribution in [0.3, 0.4) is 0 Å². The summed E-state index contributed by atoms with van der Waals surface area (Å²) >= 11 is 0. The molecule has 2 rings (SSSR count). The Balaban J connectivity index is 1.78. The fraction of sp³-hybridized carbons (Fsp3) is 0.286. The Hall–Kier alpha value is -2.95. The van der Waals surface area contributed by atoms with Crippen molar-refractivity contribution in [1.82, 2.24) is 5.32 Å². The normalized spacial score (nSPS) is 10.4. The average molecular weight is 353 g/mol. The maximum atomic E-state index is 12.3. The summed E-state index contributed by atoms with van der Waals surface area (Å²) in [5.74, 6) is -1.19. The highest BCUT2D eigenvalue weighted by molar-refractivity contribution is 5.99. The molecule has 2 aromatic rings. The lowest BCUT2D eigenvalue weighted by Gasteiger charge is -2.08. The van der Waals surface area contributed by atoms with E-state index in [9.17, 15) is 14.4 Å². The highest BCUT2D eigenvalue weighted by atomic mass is 16.4. The molecule has 0 heterocycles. The van der Waals surface area contributed by atoms with Gasteiger partial charge in [-0.2, -0.15) is 0 Å². The molecule has 0 aliphatic heterocycles. The molecule has 0 spiro atoms. The molecule has 0 aliphatic carbocycles. The number of carbonyl (C=O) groups is 3. The van der Waals surface area contributed by atoms with Crippen LogP contribution in [0.1, 0.15) is 50.2 Å². The van der Waals surface area contributed by atoms with Gasteiger partial charge < -0.3 is 10.4 Å². The third kappa shape index (κ3) is 5.55. The zero-order valence-electron chi connectivity index (χ0n) is 15.0. The number of nitrogens with one attached hydrogen (secondary N) is 1. The van der Waals surface area contributed by atoms with Crippen LogP contribution in [-0.2, 0) is 11.2 Å². The molecule has 0 radical (unpaired) electrons. The van der Waals surface area contributed by atoms with Crippen LogP contribution in [0.15, 0.2) is 42.5 Å². The molecule has 0 aliphatic rings. The molecule has 0 aromatic heterocycles. The first kappa shape index (κ1) is 19.4. The summed E-state index contributed by atoms with van der Waals surface area (Å²) in [4.78, 5) is 35.2. The van der Waals surface area contributed by atoms with Crippen LogP contribution in [0.25, 0.3) is 0 Å². The number of aryl methyl sites for hydroxylation is 2. The fourth-order valence-electron chi connectivity index (χ4n) is 2.69. The van der Waals surface area contributed by atoms with Crippen molar-refractivity contribution in [3.05, 3.63) is 70.3 Å². The van der Waals surface area contributed by atoms with E-state index in [2.05, 4.69) is 5.32 Å². The maximum absolute atomic E-state index is 12.3. The Labute approximate surface area is 153 Å². The summed E-state index contributed by atoms with van der Waals surface area (Å²) in [6, 6.07) is 12.4. The lowest BCUT2D eigenvalue weighted by molar-refractivity contribution is -0.121. The van der Waals surface area contributed by atoms with Gasteiger partial charge in [-0.3, -0.25) is 9.59 Å². The number of hydrogen-bond donors (Lipinski definition) is 2. The van der Waals surface area contributed by atoms with Gasteiger partial charge in [0.1, 0.15) is 0 Å². The van der Waals surface area contributed by atoms with Crippen LogP contribution in [-0.4, -0.2) is 29.3 Å². The summed E-state index contributed by atoms with van der Waals surface area (Å²) in [5.41, 5.74) is 3.68. The van der Waals surface area contributed by atoms with Gasteiger partial charge in [0.2, 0.25) is 5.91 Å². The number of amides is 1. The molecular formula is C21H23NO4. The predicted molar refractivity (Wildman–Crippen MR) is 99.6 cm³/mol. The SMILES string of the molecule is Cc1ccc(C)c(C(=O)CCC(=O)NCCc2cccc(C(=O)O)c2)c1.